The number of hydrogen-bond acceptors (Lipinski definition) is 2. The van der Waals surface area contributed by atoms with Crippen LogP contribution >= 0.6 is 23.4 Å². The van der Waals surface area contributed by atoms with Crippen molar-refractivity contribution >= 4 is 29.3 Å². The average molecular weight is 306 g/mol. The van der Waals surface area contributed by atoms with E-state index in [0.29, 0.717) is 5.02 Å². The number of benzene rings is 2. The van der Waals surface area contributed by atoms with E-state index in [1.807, 2.05) is 42.5 Å². The summed E-state index contributed by atoms with van der Waals surface area (Å²) in [5.41, 5.74) is 1.06. The minimum absolute atomic E-state index is 0.0185. The summed E-state index contributed by atoms with van der Waals surface area (Å²) >= 11 is 7.62. The molecule has 1 unspecified atom stereocenters. The third-order valence-corrected chi connectivity index (χ3v) is 4.17. The summed E-state index contributed by atoms with van der Waals surface area (Å²) in [7, 11) is 0. The van der Waals surface area contributed by atoms with E-state index in [-0.39, 0.29) is 11.9 Å². The molecule has 0 aromatic heterocycles. The van der Waals surface area contributed by atoms with Crippen LogP contribution in [-0.4, -0.2) is 11.7 Å². The third kappa shape index (κ3) is 4.58. The normalized spacial score (nSPS) is 11.9. The van der Waals surface area contributed by atoms with Gasteiger partial charge in [-0.05, 0) is 29.8 Å². The zero-order valence-electron chi connectivity index (χ0n) is 11.2. The molecule has 0 aliphatic carbocycles. The molecule has 0 saturated heterocycles. The summed E-state index contributed by atoms with van der Waals surface area (Å²) in [4.78, 5) is 12.6. The number of carbonyl (C=O) groups is 1. The third-order valence-electron chi connectivity index (χ3n) is 2.81. The van der Waals surface area contributed by atoms with Crippen LogP contribution in [0.2, 0.25) is 5.02 Å². The minimum Gasteiger partial charge on any atom is -0.349 e. The van der Waals surface area contributed by atoms with Crippen molar-refractivity contribution in [1.82, 2.24) is 5.32 Å². The van der Waals surface area contributed by atoms with Gasteiger partial charge < -0.3 is 5.32 Å². The number of nitrogens with one attached hydrogen (secondary N) is 1. The largest absolute Gasteiger partial charge is 0.349 e. The van der Waals surface area contributed by atoms with Crippen LogP contribution in [0.15, 0.2) is 59.5 Å². The van der Waals surface area contributed by atoms with Crippen molar-refractivity contribution in [3.05, 3.63) is 65.2 Å². The Morgan fingerprint density at radius 2 is 1.80 bits per heavy atom. The van der Waals surface area contributed by atoms with Crippen molar-refractivity contribution in [3.63, 3.8) is 0 Å². The van der Waals surface area contributed by atoms with Crippen molar-refractivity contribution in [2.24, 2.45) is 0 Å². The van der Waals surface area contributed by atoms with Gasteiger partial charge in [0.05, 0.1) is 6.04 Å². The van der Waals surface area contributed by atoms with Gasteiger partial charge in [-0.3, -0.25) is 4.79 Å². The predicted octanol–water partition coefficient (Wildman–Crippen LogP) is 4.31. The second kappa shape index (κ2) is 7.36. The lowest BCUT2D eigenvalue weighted by atomic mass is 10.1. The zero-order valence-corrected chi connectivity index (χ0v) is 12.7. The molecule has 0 heterocycles. The maximum absolute atomic E-state index is 11.4. The molecule has 0 aliphatic rings. The van der Waals surface area contributed by atoms with E-state index in [2.05, 4.69) is 17.4 Å². The fourth-order valence-electron chi connectivity index (χ4n) is 1.86. The van der Waals surface area contributed by atoms with Gasteiger partial charge in [0.1, 0.15) is 0 Å². The van der Waals surface area contributed by atoms with Crippen LogP contribution in [-0.2, 0) is 4.79 Å². The quantitative estimate of drug-likeness (QED) is 0.834. The minimum atomic E-state index is -0.0291. The highest BCUT2D eigenvalue weighted by Crippen LogP contribution is 2.25. The fraction of sp³-hybridized carbons (Fsp3) is 0.188. The molecule has 0 bridgehead atoms. The first kappa shape index (κ1) is 14.9. The van der Waals surface area contributed by atoms with Gasteiger partial charge in [0.15, 0.2) is 0 Å². The van der Waals surface area contributed by atoms with Crippen LogP contribution in [0.5, 0.6) is 0 Å². The van der Waals surface area contributed by atoms with Gasteiger partial charge in [0.25, 0.3) is 0 Å². The molecule has 0 aliphatic heterocycles. The lowest BCUT2D eigenvalue weighted by Gasteiger charge is -2.18. The maximum atomic E-state index is 11.4. The highest BCUT2D eigenvalue weighted by atomic mass is 35.5. The average Bonchev–Trinajstić information content (AvgIpc) is 2.45. The van der Waals surface area contributed by atoms with Crippen LogP contribution in [0.25, 0.3) is 0 Å². The van der Waals surface area contributed by atoms with E-state index in [1.165, 1.54) is 11.8 Å². The van der Waals surface area contributed by atoms with E-state index in [4.69, 9.17) is 11.6 Å². The molecule has 20 heavy (non-hydrogen) atoms. The van der Waals surface area contributed by atoms with Crippen LogP contribution in [0.3, 0.4) is 0 Å². The Morgan fingerprint density at radius 3 is 2.40 bits per heavy atom. The van der Waals surface area contributed by atoms with E-state index in [1.54, 1.807) is 11.8 Å². The van der Waals surface area contributed by atoms with Crippen molar-refractivity contribution in [2.75, 3.05) is 5.75 Å². The summed E-state index contributed by atoms with van der Waals surface area (Å²) in [6.07, 6.45) is 0. The van der Waals surface area contributed by atoms with Gasteiger partial charge in [-0.2, -0.15) is 0 Å². The Morgan fingerprint density at radius 1 is 1.15 bits per heavy atom. The van der Waals surface area contributed by atoms with Gasteiger partial charge >= 0.3 is 0 Å². The highest BCUT2D eigenvalue weighted by molar-refractivity contribution is 7.99. The molecule has 0 radical (unpaired) electrons. The monoisotopic (exact) mass is 305 g/mol. The molecule has 0 saturated carbocycles. The molecule has 1 amide bonds. The fourth-order valence-corrected chi connectivity index (χ4v) is 2.97. The Kier molecular flexibility index (Phi) is 5.50. The summed E-state index contributed by atoms with van der Waals surface area (Å²) < 4.78 is 0. The molecular weight excluding hydrogens is 290 g/mol. The number of thioether (sulfide) groups is 1. The molecule has 0 spiro atoms. The van der Waals surface area contributed by atoms with Crippen LogP contribution in [0.1, 0.15) is 18.5 Å². The lowest BCUT2D eigenvalue weighted by molar-refractivity contribution is -0.119. The van der Waals surface area contributed by atoms with Crippen molar-refractivity contribution < 1.29 is 4.79 Å². The van der Waals surface area contributed by atoms with Crippen LogP contribution < -0.4 is 5.32 Å². The predicted molar refractivity (Wildman–Crippen MR) is 85.2 cm³/mol. The van der Waals surface area contributed by atoms with Crippen molar-refractivity contribution in [3.8, 4) is 0 Å². The number of hydrogen-bond donors (Lipinski definition) is 1. The Balaban J connectivity index is 2.07. The molecule has 1 N–H and O–H groups in total. The summed E-state index contributed by atoms with van der Waals surface area (Å²) in [5, 5.41) is 3.68. The topological polar surface area (TPSA) is 29.1 Å². The second-order valence-electron chi connectivity index (χ2n) is 4.43. The summed E-state index contributed by atoms with van der Waals surface area (Å²) in [6, 6.07) is 17.7. The molecule has 2 rings (SSSR count). The van der Waals surface area contributed by atoms with E-state index in [0.717, 1.165) is 11.3 Å². The second-order valence-corrected chi connectivity index (χ2v) is 5.96. The standard InChI is InChI=1S/C16H16ClNOS/c1-12(19)18-16(13-7-9-14(17)10-8-13)11-20-15-5-3-2-4-6-15/h2-10,16H,11H2,1H3,(H,18,19). The number of amides is 1. The van der Waals surface area contributed by atoms with Crippen LogP contribution in [0, 0.1) is 0 Å². The van der Waals surface area contributed by atoms with E-state index in [9.17, 15) is 4.79 Å². The molecule has 2 nitrogen and oxygen atoms in total. The molecule has 104 valence electrons. The first-order valence-electron chi connectivity index (χ1n) is 6.35. The molecule has 2 aromatic rings. The van der Waals surface area contributed by atoms with E-state index >= 15 is 0 Å². The molecule has 2 aromatic carbocycles. The van der Waals surface area contributed by atoms with E-state index < -0.39 is 0 Å². The lowest BCUT2D eigenvalue weighted by Crippen LogP contribution is -2.27. The molecular formula is C16H16ClNOS. The number of halogens is 1. The van der Waals surface area contributed by atoms with Gasteiger partial charge in [-0.15, -0.1) is 11.8 Å². The summed E-state index contributed by atoms with van der Waals surface area (Å²) in [5.74, 6) is 0.754. The first-order valence-corrected chi connectivity index (χ1v) is 7.72. The van der Waals surface area contributed by atoms with Gasteiger partial charge in [-0.1, -0.05) is 41.9 Å². The molecule has 1 atom stereocenters. The molecule has 0 fully saturated rings. The smallest absolute Gasteiger partial charge is 0.217 e. The van der Waals surface area contributed by atoms with Gasteiger partial charge in [0.2, 0.25) is 5.91 Å². The summed E-state index contributed by atoms with van der Waals surface area (Å²) in [6.45, 7) is 1.54. The Bertz CT molecular complexity index is 556. The number of rotatable bonds is 5. The number of carbonyl (C=O) groups excluding carboxylic acids is 1. The van der Waals surface area contributed by atoms with Crippen molar-refractivity contribution in [1.29, 1.82) is 0 Å². The molecule has 4 heteroatoms. The first-order chi connectivity index (χ1) is 9.65. The SMILES string of the molecule is CC(=O)NC(CSc1ccccc1)c1ccc(Cl)cc1. The van der Waals surface area contributed by atoms with Crippen LogP contribution in [0.4, 0.5) is 0 Å². The Labute approximate surface area is 128 Å². The zero-order chi connectivity index (χ0) is 14.4. The Hall–Kier alpha value is -1.45. The van der Waals surface area contributed by atoms with Crippen molar-refractivity contribution in [2.45, 2.75) is 17.9 Å². The highest BCUT2D eigenvalue weighted by Gasteiger charge is 2.13. The maximum Gasteiger partial charge on any atom is 0.217 e. The van der Waals surface area contributed by atoms with Gasteiger partial charge in [0, 0.05) is 22.6 Å². The van der Waals surface area contributed by atoms with Gasteiger partial charge in [-0.25, -0.2) is 0 Å².